The molecule has 0 bridgehead atoms. The first kappa shape index (κ1) is 17.4. The zero-order valence-electron chi connectivity index (χ0n) is 13.2. The number of halogens is 1. The van der Waals surface area contributed by atoms with E-state index >= 15 is 0 Å². The predicted molar refractivity (Wildman–Crippen MR) is 94.7 cm³/mol. The van der Waals surface area contributed by atoms with Gasteiger partial charge >= 0.3 is 0 Å². The van der Waals surface area contributed by atoms with E-state index in [-0.39, 0.29) is 11.7 Å². The molecular weight excluding hydrogens is 356 g/mol. The predicted octanol–water partition coefficient (Wildman–Crippen LogP) is 2.31. The van der Waals surface area contributed by atoms with Crippen LogP contribution in [0.1, 0.15) is 22.8 Å². The molecule has 0 aliphatic rings. The van der Waals surface area contributed by atoms with Gasteiger partial charge in [-0.05, 0) is 31.2 Å². The molecular formula is C18H20BrN2O2+. The standard InChI is InChI=1S/C18H19BrN2O2/c1-13(22)16-5-3-4-6-17(16)20-18(23)12-21(2)11-14-7-9-15(19)10-8-14/h3-10H,11-12H2,1-2H3,(H,20,23)/p+1. The first-order valence-electron chi connectivity index (χ1n) is 7.41. The van der Waals surface area contributed by atoms with Crippen LogP contribution in [0.15, 0.2) is 53.0 Å². The van der Waals surface area contributed by atoms with Gasteiger partial charge in [0.1, 0.15) is 6.54 Å². The van der Waals surface area contributed by atoms with Gasteiger partial charge in [0, 0.05) is 15.6 Å². The van der Waals surface area contributed by atoms with Crippen LogP contribution in [0.4, 0.5) is 5.69 Å². The van der Waals surface area contributed by atoms with Crippen LogP contribution in [0.2, 0.25) is 0 Å². The minimum atomic E-state index is -0.103. The van der Waals surface area contributed by atoms with Crippen molar-refractivity contribution >= 4 is 33.3 Å². The topological polar surface area (TPSA) is 50.6 Å². The molecule has 2 aromatic carbocycles. The van der Waals surface area contributed by atoms with Gasteiger partial charge in [0.25, 0.3) is 5.91 Å². The van der Waals surface area contributed by atoms with Crippen LogP contribution in [0.25, 0.3) is 0 Å². The van der Waals surface area contributed by atoms with Gasteiger partial charge < -0.3 is 10.2 Å². The lowest BCUT2D eigenvalue weighted by Gasteiger charge is -2.15. The minimum Gasteiger partial charge on any atom is -0.326 e. The van der Waals surface area contributed by atoms with Crippen LogP contribution in [0, 0.1) is 0 Å². The fourth-order valence-electron chi connectivity index (χ4n) is 2.38. The lowest BCUT2D eigenvalue weighted by molar-refractivity contribution is -0.885. The summed E-state index contributed by atoms with van der Waals surface area (Å²) in [7, 11) is 1.97. The Labute approximate surface area is 144 Å². The summed E-state index contributed by atoms with van der Waals surface area (Å²) in [5.74, 6) is -0.162. The molecule has 1 unspecified atom stereocenters. The Bertz CT molecular complexity index is 698. The van der Waals surface area contributed by atoms with E-state index in [1.807, 2.05) is 31.3 Å². The molecule has 2 rings (SSSR count). The Morgan fingerprint density at radius 3 is 2.39 bits per heavy atom. The highest BCUT2D eigenvalue weighted by molar-refractivity contribution is 9.10. The fraction of sp³-hybridized carbons (Fsp3) is 0.222. The van der Waals surface area contributed by atoms with Crippen molar-refractivity contribution in [1.29, 1.82) is 0 Å². The lowest BCUT2D eigenvalue weighted by Crippen LogP contribution is -3.08. The second-order valence-corrected chi connectivity index (χ2v) is 6.50. The van der Waals surface area contributed by atoms with Crippen molar-refractivity contribution < 1.29 is 14.5 Å². The van der Waals surface area contributed by atoms with Gasteiger partial charge in [0.15, 0.2) is 12.3 Å². The third kappa shape index (κ3) is 5.30. The first-order chi connectivity index (χ1) is 11.0. The van der Waals surface area contributed by atoms with E-state index in [1.165, 1.54) is 12.5 Å². The van der Waals surface area contributed by atoms with E-state index in [1.54, 1.807) is 24.3 Å². The molecule has 2 N–H and O–H groups in total. The van der Waals surface area contributed by atoms with Gasteiger partial charge in [0.05, 0.1) is 12.7 Å². The number of likely N-dealkylation sites (N-methyl/N-ethyl adjacent to an activating group) is 1. The number of hydrogen-bond acceptors (Lipinski definition) is 2. The largest absolute Gasteiger partial charge is 0.326 e. The summed E-state index contributed by atoms with van der Waals surface area (Å²) in [5.41, 5.74) is 2.27. The second kappa shape index (κ2) is 8.04. The molecule has 0 fully saturated rings. The third-order valence-electron chi connectivity index (χ3n) is 3.46. The molecule has 23 heavy (non-hydrogen) atoms. The number of para-hydroxylation sites is 1. The number of hydrogen-bond donors (Lipinski definition) is 2. The Morgan fingerprint density at radius 1 is 1.09 bits per heavy atom. The zero-order valence-corrected chi connectivity index (χ0v) is 14.8. The lowest BCUT2D eigenvalue weighted by atomic mass is 10.1. The molecule has 0 aliphatic heterocycles. The van der Waals surface area contributed by atoms with Crippen molar-refractivity contribution in [3.8, 4) is 0 Å². The fourth-order valence-corrected chi connectivity index (χ4v) is 2.65. The number of carbonyl (C=O) groups is 2. The van der Waals surface area contributed by atoms with Crippen molar-refractivity contribution in [3.05, 3.63) is 64.1 Å². The van der Waals surface area contributed by atoms with E-state index < -0.39 is 0 Å². The summed E-state index contributed by atoms with van der Waals surface area (Å²) in [6.45, 7) is 2.59. The van der Waals surface area contributed by atoms with E-state index in [0.29, 0.717) is 17.8 Å². The smallest absolute Gasteiger partial charge is 0.279 e. The molecule has 0 saturated carbocycles. The maximum Gasteiger partial charge on any atom is 0.279 e. The quantitative estimate of drug-likeness (QED) is 0.761. The zero-order chi connectivity index (χ0) is 16.8. The highest BCUT2D eigenvalue weighted by atomic mass is 79.9. The number of ketones is 1. The molecule has 0 spiro atoms. The molecule has 0 aliphatic carbocycles. The molecule has 2 aromatic rings. The molecule has 120 valence electrons. The van der Waals surface area contributed by atoms with E-state index in [2.05, 4.69) is 21.2 Å². The summed E-state index contributed by atoms with van der Waals surface area (Å²) in [4.78, 5) is 24.8. The van der Waals surface area contributed by atoms with Crippen LogP contribution >= 0.6 is 15.9 Å². The third-order valence-corrected chi connectivity index (χ3v) is 3.99. The highest BCUT2D eigenvalue weighted by Gasteiger charge is 2.13. The van der Waals surface area contributed by atoms with Crippen LogP contribution in [-0.2, 0) is 11.3 Å². The molecule has 0 radical (unpaired) electrons. The maximum atomic E-state index is 12.2. The average Bonchev–Trinajstić information content (AvgIpc) is 2.49. The van der Waals surface area contributed by atoms with Gasteiger partial charge in [-0.25, -0.2) is 0 Å². The summed E-state index contributed by atoms with van der Waals surface area (Å²) < 4.78 is 1.04. The number of nitrogens with one attached hydrogen (secondary N) is 2. The SMILES string of the molecule is CC(=O)c1ccccc1NC(=O)C[NH+](C)Cc1ccc(Br)cc1. The number of Topliss-reactive ketones (excluding diaryl/α,β-unsaturated/α-hetero) is 1. The molecule has 0 aromatic heterocycles. The Balaban J connectivity index is 1.94. The van der Waals surface area contributed by atoms with Crippen LogP contribution in [0.3, 0.4) is 0 Å². The first-order valence-corrected chi connectivity index (χ1v) is 8.20. The van der Waals surface area contributed by atoms with E-state index in [9.17, 15) is 9.59 Å². The number of carbonyl (C=O) groups excluding carboxylic acids is 2. The molecule has 4 nitrogen and oxygen atoms in total. The van der Waals surface area contributed by atoms with Crippen LogP contribution < -0.4 is 10.2 Å². The van der Waals surface area contributed by atoms with Crippen LogP contribution in [0.5, 0.6) is 0 Å². The monoisotopic (exact) mass is 375 g/mol. The van der Waals surface area contributed by atoms with Gasteiger partial charge in [-0.2, -0.15) is 0 Å². The summed E-state index contributed by atoms with van der Waals surface area (Å²) in [5, 5.41) is 2.83. The Kier molecular flexibility index (Phi) is 6.07. The van der Waals surface area contributed by atoms with E-state index in [4.69, 9.17) is 0 Å². The number of rotatable bonds is 6. The molecule has 5 heteroatoms. The number of anilines is 1. The van der Waals surface area contributed by atoms with Crippen molar-refractivity contribution in [2.75, 3.05) is 18.9 Å². The van der Waals surface area contributed by atoms with Gasteiger partial charge in [-0.15, -0.1) is 0 Å². The minimum absolute atomic E-state index is 0.0588. The summed E-state index contributed by atoms with van der Waals surface area (Å²) >= 11 is 3.41. The van der Waals surface area contributed by atoms with Crippen LogP contribution in [-0.4, -0.2) is 25.3 Å². The molecule has 1 atom stereocenters. The molecule has 1 amide bonds. The van der Waals surface area contributed by atoms with Crippen molar-refractivity contribution in [2.24, 2.45) is 0 Å². The summed E-state index contributed by atoms with van der Waals surface area (Å²) in [6.07, 6.45) is 0. The second-order valence-electron chi connectivity index (χ2n) is 5.59. The summed E-state index contributed by atoms with van der Waals surface area (Å²) in [6, 6.07) is 15.1. The van der Waals surface area contributed by atoms with Crippen molar-refractivity contribution in [1.82, 2.24) is 0 Å². The Hall–Kier alpha value is -1.98. The van der Waals surface area contributed by atoms with E-state index in [0.717, 1.165) is 15.9 Å². The van der Waals surface area contributed by atoms with Crippen molar-refractivity contribution in [2.45, 2.75) is 13.5 Å². The molecule has 0 heterocycles. The number of quaternary nitrogens is 1. The number of benzene rings is 2. The number of amides is 1. The normalized spacial score (nSPS) is 11.8. The highest BCUT2D eigenvalue weighted by Crippen LogP contribution is 2.15. The van der Waals surface area contributed by atoms with Gasteiger partial charge in [-0.1, -0.05) is 40.2 Å². The average molecular weight is 376 g/mol. The maximum absolute atomic E-state index is 12.2. The Morgan fingerprint density at radius 2 is 1.74 bits per heavy atom. The van der Waals surface area contributed by atoms with Gasteiger partial charge in [0.2, 0.25) is 0 Å². The van der Waals surface area contributed by atoms with Crippen molar-refractivity contribution in [3.63, 3.8) is 0 Å². The molecule has 0 saturated heterocycles. The van der Waals surface area contributed by atoms with Gasteiger partial charge in [-0.3, -0.25) is 9.59 Å².